The van der Waals surface area contributed by atoms with Crippen molar-refractivity contribution in [2.75, 3.05) is 0 Å². The summed E-state index contributed by atoms with van der Waals surface area (Å²) in [6.07, 6.45) is 2.29. The van der Waals surface area contributed by atoms with E-state index in [1.807, 2.05) is 17.7 Å². The fraction of sp³-hybridized carbons (Fsp3) is 0.500. The van der Waals surface area contributed by atoms with Crippen LogP contribution in [0.15, 0.2) is 12.1 Å². The molecule has 2 heteroatoms. The predicted molar refractivity (Wildman–Crippen MR) is 44.4 cm³/mol. The molecule has 1 aromatic rings. The van der Waals surface area contributed by atoms with Crippen LogP contribution in [0.3, 0.4) is 0 Å². The lowest BCUT2D eigenvalue weighted by Crippen LogP contribution is -1.94. The van der Waals surface area contributed by atoms with Crippen LogP contribution in [0.5, 0.6) is 0 Å². The number of nitrogens with zero attached hydrogens (tertiary/aromatic N) is 1. The van der Waals surface area contributed by atoms with Crippen molar-refractivity contribution < 1.29 is 0 Å². The topological polar surface area (TPSA) is 4.93 Å². The minimum atomic E-state index is 0.823. The highest BCUT2D eigenvalue weighted by Crippen LogP contribution is 2.13. The number of aromatic nitrogens is 1. The number of rotatable bonds is 2. The molecule has 0 unspecified atom stereocenters. The Kier molecular flexibility index (Phi) is 2.39. The van der Waals surface area contributed by atoms with E-state index >= 15 is 0 Å². The Hall–Kier alpha value is -0.430. The van der Waals surface area contributed by atoms with Crippen LogP contribution in [0.2, 0.25) is 5.15 Å². The van der Waals surface area contributed by atoms with Gasteiger partial charge >= 0.3 is 0 Å². The third-order valence-corrected chi connectivity index (χ3v) is 2.05. The Morgan fingerprint density at radius 3 is 2.60 bits per heavy atom. The van der Waals surface area contributed by atoms with Gasteiger partial charge in [-0.15, -0.1) is 0 Å². The lowest BCUT2D eigenvalue weighted by atomic mass is 10.2. The second-order valence-electron chi connectivity index (χ2n) is 2.46. The monoisotopic (exact) mass is 157 g/mol. The zero-order chi connectivity index (χ0) is 7.56. The highest BCUT2D eigenvalue weighted by Gasteiger charge is 1.99. The summed E-state index contributed by atoms with van der Waals surface area (Å²) in [7, 11) is 1.99. The van der Waals surface area contributed by atoms with Gasteiger partial charge in [-0.3, -0.25) is 0 Å². The molecule has 56 valence electrons. The van der Waals surface area contributed by atoms with Crippen LogP contribution in [0.1, 0.15) is 19.0 Å². The maximum Gasteiger partial charge on any atom is 0.108 e. The summed E-state index contributed by atoms with van der Waals surface area (Å²) in [5.41, 5.74) is 1.31. The van der Waals surface area contributed by atoms with Crippen LogP contribution in [-0.2, 0) is 13.5 Å². The van der Waals surface area contributed by atoms with Crippen molar-refractivity contribution in [2.45, 2.75) is 19.8 Å². The molecule has 0 saturated carbocycles. The molecule has 0 spiro atoms. The average Bonchev–Trinajstić information content (AvgIpc) is 2.20. The molecule has 0 N–H and O–H groups in total. The normalized spacial score (nSPS) is 10.3. The standard InChI is InChI=1S/C8H12ClN/c1-3-4-7-5-6-8(9)10(7)2/h5-6H,3-4H2,1-2H3. The molecule has 0 saturated heterocycles. The van der Waals surface area contributed by atoms with Crippen molar-refractivity contribution in [1.82, 2.24) is 4.57 Å². The Morgan fingerprint density at radius 2 is 2.20 bits per heavy atom. The minimum Gasteiger partial charge on any atom is -0.339 e. The fourth-order valence-electron chi connectivity index (χ4n) is 1.03. The molecule has 0 atom stereocenters. The molecule has 0 bridgehead atoms. The molecule has 0 aliphatic carbocycles. The Labute approximate surface area is 66.6 Å². The van der Waals surface area contributed by atoms with E-state index in [1.165, 1.54) is 12.1 Å². The molecular weight excluding hydrogens is 146 g/mol. The first-order valence-corrected chi connectivity index (χ1v) is 3.93. The third-order valence-electron chi connectivity index (χ3n) is 1.67. The summed E-state index contributed by atoms with van der Waals surface area (Å²) in [6, 6.07) is 4.01. The zero-order valence-corrected chi connectivity index (χ0v) is 7.15. The Bertz CT molecular complexity index is 215. The zero-order valence-electron chi connectivity index (χ0n) is 6.39. The van der Waals surface area contributed by atoms with Crippen molar-refractivity contribution in [3.05, 3.63) is 23.0 Å². The lowest BCUT2D eigenvalue weighted by Gasteiger charge is -2.00. The van der Waals surface area contributed by atoms with Gasteiger partial charge in [-0.25, -0.2) is 0 Å². The van der Waals surface area contributed by atoms with Crippen LogP contribution in [0.25, 0.3) is 0 Å². The minimum absolute atomic E-state index is 0.823. The van der Waals surface area contributed by atoms with Crippen molar-refractivity contribution in [2.24, 2.45) is 7.05 Å². The first kappa shape index (κ1) is 7.67. The van der Waals surface area contributed by atoms with Gasteiger partial charge in [0.05, 0.1) is 0 Å². The van der Waals surface area contributed by atoms with Gasteiger partial charge in [0.15, 0.2) is 0 Å². The van der Waals surface area contributed by atoms with Gasteiger partial charge in [0.1, 0.15) is 5.15 Å². The summed E-state index contributed by atoms with van der Waals surface area (Å²) in [4.78, 5) is 0. The van der Waals surface area contributed by atoms with Gasteiger partial charge in [0.2, 0.25) is 0 Å². The van der Waals surface area contributed by atoms with E-state index in [-0.39, 0.29) is 0 Å². The highest BCUT2D eigenvalue weighted by atomic mass is 35.5. The second-order valence-corrected chi connectivity index (χ2v) is 2.84. The molecule has 0 aliphatic rings. The first-order chi connectivity index (χ1) is 4.75. The maximum absolute atomic E-state index is 5.83. The van der Waals surface area contributed by atoms with E-state index in [1.54, 1.807) is 0 Å². The fourth-order valence-corrected chi connectivity index (χ4v) is 1.20. The van der Waals surface area contributed by atoms with E-state index in [0.29, 0.717) is 0 Å². The highest BCUT2D eigenvalue weighted by molar-refractivity contribution is 6.29. The largest absolute Gasteiger partial charge is 0.339 e. The molecule has 0 fully saturated rings. The summed E-state index contributed by atoms with van der Waals surface area (Å²) < 4.78 is 2.02. The summed E-state index contributed by atoms with van der Waals surface area (Å²) in [5, 5.41) is 0.823. The van der Waals surface area contributed by atoms with Crippen molar-refractivity contribution in [1.29, 1.82) is 0 Å². The van der Waals surface area contributed by atoms with Crippen LogP contribution in [-0.4, -0.2) is 4.57 Å². The molecule has 0 radical (unpaired) electrons. The molecule has 1 nitrogen and oxygen atoms in total. The van der Waals surface area contributed by atoms with Gasteiger partial charge in [-0.05, 0) is 18.6 Å². The van der Waals surface area contributed by atoms with Crippen molar-refractivity contribution >= 4 is 11.6 Å². The van der Waals surface area contributed by atoms with Crippen LogP contribution < -0.4 is 0 Å². The van der Waals surface area contributed by atoms with Crippen molar-refractivity contribution in [3.8, 4) is 0 Å². The van der Waals surface area contributed by atoms with E-state index in [0.717, 1.165) is 11.6 Å². The molecule has 1 heterocycles. The molecular formula is C8H12ClN. The molecule has 1 rings (SSSR count). The SMILES string of the molecule is CCCc1ccc(Cl)n1C. The molecule has 10 heavy (non-hydrogen) atoms. The number of hydrogen-bond acceptors (Lipinski definition) is 0. The molecule has 0 aliphatic heterocycles. The Balaban J connectivity index is 2.83. The van der Waals surface area contributed by atoms with Gasteiger partial charge in [0.25, 0.3) is 0 Å². The second kappa shape index (κ2) is 3.11. The van der Waals surface area contributed by atoms with E-state index in [4.69, 9.17) is 11.6 Å². The van der Waals surface area contributed by atoms with Gasteiger partial charge in [-0.2, -0.15) is 0 Å². The average molecular weight is 158 g/mol. The van der Waals surface area contributed by atoms with Crippen LogP contribution >= 0.6 is 11.6 Å². The number of aryl methyl sites for hydroxylation is 1. The van der Waals surface area contributed by atoms with E-state index in [9.17, 15) is 0 Å². The van der Waals surface area contributed by atoms with Gasteiger partial charge in [0, 0.05) is 12.7 Å². The molecule has 1 aromatic heterocycles. The predicted octanol–water partition coefficient (Wildman–Crippen LogP) is 2.63. The maximum atomic E-state index is 5.83. The number of hydrogen-bond donors (Lipinski definition) is 0. The molecule has 0 aromatic carbocycles. The smallest absolute Gasteiger partial charge is 0.108 e. The lowest BCUT2D eigenvalue weighted by molar-refractivity contribution is 0.788. The summed E-state index contributed by atoms with van der Waals surface area (Å²) in [6.45, 7) is 2.17. The summed E-state index contributed by atoms with van der Waals surface area (Å²) >= 11 is 5.83. The van der Waals surface area contributed by atoms with Crippen LogP contribution in [0, 0.1) is 0 Å². The summed E-state index contributed by atoms with van der Waals surface area (Å²) in [5.74, 6) is 0. The Morgan fingerprint density at radius 1 is 1.50 bits per heavy atom. The third kappa shape index (κ3) is 1.35. The number of halogens is 1. The van der Waals surface area contributed by atoms with Gasteiger partial charge < -0.3 is 4.57 Å². The first-order valence-electron chi connectivity index (χ1n) is 3.55. The van der Waals surface area contributed by atoms with Crippen LogP contribution in [0.4, 0.5) is 0 Å². The van der Waals surface area contributed by atoms with Crippen molar-refractivity contribution in [3.63, 3.8) is 0 Å². The van der Waals surface area contributed by atoms with Gasteiger partial charge in [-0.1, -0.05) is 24.9 Å². The van der Waals surface area contributed by atoms with E-state index < -0.39 is 0 Å². The molecule has 0 amide bonds. The van der Waals surface area contributed by atoms with E-state index in [2.05, 4.69) is 13.0 Å². The quantitative estimate of drug-likeness (QED) is 0.622.